The van der Waals surface area contributed by atoms with Crippen LogP contribution in [0.5, 0.6) is 0 Å². The van der Waals surface area contributed by atoms with Gasteiger partial charge in [-0.3, -0.25) is 0 Å². The number of piperidine rings is 1. The van der Waals surface area contributed by atoms with Crippen LogP contribution in [-0.4, -0.2) is 42.8 Å². The van der Waals surface area contributed by atoms with Gasteiger partial charge in [-0.25, -0.2) is 4.79 Å². The Labute approximate surface area is 106 Å². The largest absolute Gasteiger partial charge is 0.444 e. The van der Waals surface area contributed by atoms with Crippen LogP contribution in [0.3, 0.4) is 0 Å². The van der Waals surface area contributed by atoms with Crippen molar-refractivity contribution >= 4 is 6.09 Å². The smallest absolute Gasteiger partial charge is 0.410 e. The van der Waals surface area contributed by atoms with Crippen LogP contribution in [0.15, 0.2) is 0 Å². The van der Waals surface area contributed by atoms with Crippen LogP contribution in [-0.2, 0) is 4.74 Å². The van der Waals surface area contributed by atoms with Crippen LogP contribution in [0.4, 0.5) is 4.79 Å². The van der Waals surface area contributed by atoms with Gasteiger partial charge in [0, 0.05) is 19.1 Å². The lowest BCUT2D eigenvalue weighted by atomic mass is 10.1. The molecule has 1 unspecified atom stereocenters. The molecule has 1 amide bonds. The Kier molecular flexibility index (Phi) is 7.19. The normalized spacial score (nSPS) is 20.4. The fraction of sp³-hybridized carbons (Fsp3) is 0.923. The minimum Gasteiger partial charge on any atom is -0.444 e. The first-order chi connectivity index (χ1) is 7.92. The lowest BCUT2D eigenvalue weighted by Gasteiger charge is -2.33. The Morgan fingerprint density at radius 2 is 1.94 bits per heavy atom. The summed E-state index contributed by atoms with van der Waals surface area (Å²) in [7, 11) is 1.93. The molecule has 4 nitrogen and oxygen atoms in total. The van der Waals surface area contributed by atoms with Crippen molar-refractivity contribution in [2.45, 2.75) is 59.1 Å². The van der Waals surface area contributed by atoms with Crippen LogP contribution in [0.1, 0.15) is 47.5 Å². The molecule has 1 rings (SSSR count). The van der Waals surface area contributed by atoms with Gasteiger partial charge in [-0.05, 0) is 40.7 Å². The summed E-state index contributed by atoms with van der Waals surface area (Å²) in [4.78, 5) is 13.5. The van der Waals surface area contributed by atoms with Crippen molar-refractivity contribution in [3.8, 4) is 0 Å². The molecule has 0 radical (unpaired) electrons. The molecule has 0 aromatic carbocycles. The maximum atomic E-state index is 11.8. The van der Waals surface area contributed by atoms with E-state index in [1.165, 1.54) is 0 Å². The van der Waals surface area contributed by atoms with Crippen molar-refractivity contribution < 1.29 is 9.53 Å². The van der Waals surface area contributed by atoms with Crippen LogP contribution in [0.2, 0.25) is 0 Å². The third-order valence-corrected chi connectivity index (χ3v) is 2.48. The van der Waals surface area contributed by atoms with Gasteiger partial charge in [-0.2, -0.15) is 0 Å². The van der Waals surface area contributed by atoms with Crippen LogP contribution in [0, 0.1) is 0 Å². The van der Waals surface area contributed by atoms with Crippen LogP contribution >= 0.6 is 0 Å². The molecule has 4 heteroatoms. The fourth-order valence-electron chi connectivity index (χ4n) is 1.71. The van der Waals surface area contributed by atoms with E-state index in [-0.39, 0.29) is 6.09 Å². The zero-order valence-corrected chi connectivity index (χ0v) is 12.2. The minimum atomic E-state index is -0.399. The van der Waals surface area contributed by atoms with E-state index in [1.54, 1.807) is 4.90 Å². The average Bonchev–Trinajstić information content (AvgIpc) is 2.29. The molecule has 0 saturated carbocycles. The van der Waals surface area contributed by atoms with E-state index in [2.05, 4.69) is 5.32 Å². The Balaban J connectivity index is 0.00000121. The summed E-state index contributed by atoms with van der Waals surface area (Å²) < 4.78 is 5.33. The van der Waals surface area contributed by atoms with Gasteiger partial charge in [-0.1, -0.05) is 13.8 Å². The monoisotopic (exact) mass is 244 g/mol. The van der Waals surface area contributed by atoms with Gasteiger partial charge in [0.1, 0.15) is 5.60 Å². The molecule has 1 saturated heterocycles. The number of likely N-dealkylation sites (N-methyl/N-ethyl adjacent to an activating group) is 1. The lowest BCUT2D eigenvalue weighted by molar-refractivity contribution is 0.0190. The Morgan fingerprint density at radius 1 is 1.35 bits per heavy atom. The molecular formula is C13H28N2O2. The van der Waals surface area contributed by atoms with E-state index >= 15 is 0 Å². The highest BCUT2D eigenvalue weighted by molar-refractivity contribution is 5.68. The summed E-state index contributed by atoms with van der Waals surface area (Å²) in [6, 6.07) is 0.409. The van der Waals surface area contributed by atoms with E-state index in [9.17, 15) is 4.79 Å². The predicted molar refractivity (Wildman–Crippen MR) is 71.2 cm³/mol. The number of nitrogens with one attached hydrogen (secondary N) is 1. The second kappa shape index (κ2) is 7.54. The number of hydrogen-bond donors (Lipinski definition) is 1. The number of nitrogens with zero attached hydrogens (tertiary/aromatic N) is 1. The van der Waals surface area contributed by atoms with Crippen LogP contribution < -0.4 is 5.32 Å². The molecule has 0 aromatic rings. The number of amides is 1. The third kappa shape index (κ3) is 6.51. The van der Waals surface area contributed by atoms with Gasteiger partial charge in [0.2, 0.25) is 0 Å². The molecule has 1 fully saturated rings. The van der Waals surface area contributed by atoms with Crippen molar-refractivity contribution in [1.82, 2.24) is 10.2 Å². The lowest BCUT2D eigenvalue weighted by Crippen LogP contribution is -2.48. The van der Waals surface area contributed by atoms with Gasteiger partial charge < -0.3 is 15.0 Å². The molecule has 1 aliphatic heterocycles. The molecule has 0 aliphatic carbocycles. The quantitative estimate of drug-likeness (QED) is 0.771. The number of carbonyl (C=O) groups excluding carboxylic acids is 1. The van der Waals surface area contributed by atoms with Crippen molar-refractivity contribution in [1.29, 1.82) is 0 Å². The summed E-state index contributed by atoms with van der Waals surface area (Å²) >= 11 is 0. The second-order valence-corrected chi connectivity index (χ2v) is 5.05. The van der Waals surface area contributed by atoms with Crippen molar-refractivity contribution in [3.05, 3.63) is 0 Å². The van der Waals surface area contributed by atoms with Gasteiger partial charge in [-0.15, -0.1) is 0 Å². The van der Waals surface area contributed by atoms with Crippen LogP contribution in [0.25, 0.3) is 0 Å². The van der Waals surface area contributed by atoms with Gasteiger partial charge in [0.25, 0.3) is 0 Å². The van der Waals surface area contributed by atoms with E-state index < -0.39 is 5.60 Å². The first-order valence-corrected chi connectivity index (χ1v) is 6.57. The zero-order chi connectivity index (χ0) is 13.5. The summed E-state index contributed by atoms with van der Waals surface area (Å²) in [6.45, 7) is 11.2. The first-order valence-electron chi connectivity index (χ1n) is 6.57. The summed E-state index contributed by atoms with van der Waals surface area (Å²) in [5.74, 6) is 0. The van der Waals surface area contributed by atoms with Crippen molar-refractivity contribution in [2.24, 2.45) is 0 Å². The van der Waals surface area contributed by atoms with Gasteiger partial charge in [0.05, 0.1) is 0 Å². The third-order valence-electron chi connectivity index (χ3n) is 2.48. The predicted octanol–water partition coefficient (Wildman–Crippen LogP) is 2.63. The Bertz CT molecular complexity index is 224. The maximum Gasteiger partial charge on any atom is 0.410 e. The number of ether oxygens (including phenoxy) is 1. The maximum absolute atomic E-state index is 11.8. The Morgan fingerprint density at radius 3 is 2.41 bits per heavy atom. The summed E-state index contributed by atoms with van der Waals surface area (Å²) in [6.07, 6.45) is 1.99. The standard InChI is InChI=1S/C11H22N2O2.C2H6/c1-11(2,3)15-10(14)13-7-5-6-9(8-13)12-4;1-2/h9,12H,5-8H2,1-4H3;1-2H3. The molecule has 1 heterocycles. The van der Waals surface area contributed by atoms with Gasteiger partial charge >= 0.3 is 6.09 Å². The number of likely N-dealkylation sites (tertiary alicyclic amines) is 1. The molecule has 0 bridgehead atoms. The van der Waals surface area contributed by atoms with Crippen molar-refractivity contribution in [2.75, 3.05) is 20.1 Å². The Hall–Kier alpha value is -0.770. The average molecular weight is 244 g/mol. The SMILES string of the molecule is CC.CNC1CCCN(C(=O)OC(C)(C)C)C1. The topological polar surface area (TPSA) is 41.6 Å². The van der Waals surface area contributed by atoms with E-state index in [0.29, 0.717) is 6.04 Å². The molecule has 1 N–H and O–H groups in total. The summed E-state index contributed by atoms with van der Waals surface area (Å²) in [5.41, 5.74) is -0.399. The highest BCUT2D eigenvalue weighted by Crippen LogP contribution is 2.14. The second-order valence-electron chi connectivity index (χ2n) is 5.05. The zero-order valence-electron chi connectivity index (χ0n) is 12.2. The number of carbonyl (C=O) groups is 1. The molecule has 17 heavy (non-hydrogen) atoms. The van der Waals surface area contributed by atoms with Crippen molar-refractivity contribution in [3.63, 3.8) is 0 Å². The van der Waals surface area contributed by atoms with Gasteiger partial charge in [0.15, 0.2) is 0 Å². The highest BCUT2D eigenvalue weighted by Gasteiger charge is 2.26. The molecule has 1 aliphatic rings. The minimum absolute atomic E-state index is 0.192. The van der Waals surface area contributed by atoms with E-state index in [4.69, 9.17) is 4.74 Å². The van der Waals surface area contributed by atoms with E-state index in [0.717, 1.165) is 25.9 Å². The molecule has 0 spiro atoms. The van der Waals surface area contributed by atoms with E-state index in [1.807, 2.05) is 41.7 Å². The molecule has 1 atom stereocenters. The first kappa shape index (κ1) is 16.2. The molecule has 102 valence electrons. The number of hydrogen-bond acceptors (Lipinski definition) is 3. The fourth-order valence-corrected chi connectivity index (χ4v) is 1.71. The highest BCUT2D eigenvalue weighted by atomic mass is 16.6. The summed E-state index contributed by atoms with van der Waals surface area (Å²) in [5, 5.41) is 3.20. The molecule has 0 aromatic heterocycles. The molecular weight excluding hydrogens is 216 g/mol. The number of rotatable bonds is 1.